The number of benzene rings is 2. The largest absolute Gasteiger partial charge is 0.353 e. The number of H-pyrrole nitrogens is 1. The number of aromatic amines is 1. The number of nitrogens with zero attached hydrogens (tertiary/aromatic N) is 4. The van der Waals surface area contributed by atoms with E-state index in [9.17, 15) is 0 Å². The van der Waals surface area contributed by atoms with Crippen LogP contribution in [-0.4, -0.2) is 44.1 Å². The van der Waals surface area contributed by atoms with Gasteiger partial charge in [-0.25, -0.2) is 4.98 Å². The minimum absolute atomic E-state index is 0.413. The SMILES string of the molecule is Clc1ccc(-c2nc(C3CCN(CCCCn4cc5ccccc5c4)CC3)[nH]c2-c2ccncc2)cc1Cl. The van der Waals surface area contributed by atoms with Crippen LogP contribution in [0.15, 0.2) is 79.4 Å². The molecule has 0 atom stereocenters. The van der Waals surface area contributed by atoms with E-state index >= 15 is 0 Å². The number of piperidine rings is 1. The average molecular weight is 545 g/mol. The molecule has 0 amide bonds. The monoisotopic (exact) mass is 543 g/mol. The Morgan fingerprint density at radius 3 is 2.24 bits per heavy atom. The molecule has 0 bridgehead atoms. The van der Waals surface area contributed by atoms with Gasteiger partial charge in [-0.1, -0.05) is 53.5 Å². The summed E-state index contributed by atoms with van der Waals surface area (Å²) in [6.45, 7) is 4.44. The second-order valence-electron chi connectivity index (χ2n) is 10.2. The van der Waals surface area contributed by atoms with E-state index in [-0.39, 0.29) is 0 Å². The number of pyridine rings is 1. The second kappa shape index (κ2) is 11.3. The molecular weight excluding hydrogens is 513 g/mol. The topological polar surface area (TPSA) is 49.7 Å². The van der Waals surface area contributed by atoms with Crippen molar-refractivity contribution in [2.45, 2.75) is 38.1 Å². The number of halogens is 2. The number of aryl methyl sites for hydroxylation is 1. The summed E-state index contributed by atoms with van der Waals surface area (Å²) in [6.07, 6.45) is 12.8. The Kier molecular flexibility index (Phi) is 7.50. The van der Waals surface area contributed by atoms with Crippen molar-refractivity contribution in [1.82, 2.24) is 24.4 Å². The maximum atomic E-state index is 6.35. The molecule has 3 aromatic heterocycles. The van der Waals surface area contributed by atoms with Gasteiger partial charge in [0.05, 0.1) is 21.4 Å². The zero-order valence-electron chi connectivity index (χ0n) is 21.3. The van der Waals surface area contributed by atoms with E-state index in [1.165, 1.54) is 23.6 Å². The number of fused-ring (bicyclic) bond motifs is 1. The van der Waals surface area contributed by atoms with Gasteiger partial charge in [0, 0.05) is 48.4 Å². The first-order valence-corrected chi connectivity index (χ1v) is 14.1. The molecule has 0 unspecified atom stereocenters. The Labute approximate surface area is 233 Å². The number of rotatable bonds is 8. The van der Waals surface area contributed by atoms with Crippen molar-refractivity contribution in [2.24, 2.45) is 0 Å². The summed E-state index contributed by atoms with van der Waals surface area (Å²) in [5.74, 6) is 1.47. The van der Waals surface area contributed by atoms with E-state index in [2.05, 4.69) is 56.1 Å². The maximum absolute atomic E-state index is 6.35. The molecule has 1 aliphatic rings. The fourth-order valence-electron chi connectivity index (χ4n) is 5.49. The highest BCUT2D eigenvalue weighted by Gasteiger charge is 2.25. The molecule has 1 N–H and O–H groups in total. The number of imidazole rings is 1. The van der Waals surface area contributed by atoms with E-state index in [0.29, 0.717) is 16.0 Å². The van der Waals surface area contributed by atoms with Gasteiger partial charge >= 0.3 is 0 Å². The number of hydrogen-bond donors (Lipinski definition) is 1. The number of hydrogen-bond acceptors (Lipinski definition) is 3. The van der Waals surface area contributed by atoms with E-state index in [1.807, 2.05) is 42.7 Å². The van der Waals surface area contributed by atoms with Gasteiger partial charge in [0.15, 0.2) is 0 Å². The lowest BCUT2D eigenvalue weighted by molar-refractivity contribution is 0.205. The molecule has 4 heterocycles. The first-order valence-electron chi connectivity index (χ1n) is 13.4. The smallest absolute Gasteiger partial charge is 0.110 e. The average Bonchev–Trinajstić information content (AvgIpc) is 3.58. The summed E-state index contributed by atoms with van der Waals surface area (Å²) >= 11 is 12.5. The van der Waals surface area contributed by atoms with Crippen molar-refractivity contribution in [2.75, 3.05) is 19.6 Å². The van der Waals surface area contributed by atoms with Crippen molar-refractivity contribution in [3.05, 3.63) is 95.3 Å². The van der Waals surface area contributed by atoms with Crippen LogP contribution in [0.3, 0.4) is 0 Å². The minimum atomic E-state index is 0.413. The van der Waals surface area contributed by atoms with Crippen molar-refractivity contribution in [3.63, 3.8) is 0 Å². The summed E-state index contributed by atoms with van der Waals surface area (Å²) in [5, 5.41) is 3.72. The van der Waals surface area contributed by atoms with Crippen LogP contribution in [0.25, 0.3) is 33.3 Å². The van der Waals surface area contributed by atoms with Crippen LogP contribution in [0.4, 0.5) is 0 Å². The van der Waals surface area contributed by atoms with Gasteiger partial charge in [-0.05, 0) is 80.4 Å². The molecule has 1 fully saturated rings. The Morgan fingerprint density at radius 1 is 0.816 bits per heavy atom. The molecule has 6 rings (SSSR count). The number of nitrogens with one attached hydrogen (secondary N) is 1. The molecule has 0 radical (unpaired) electrons. The molecule has 7 heteroatoms. The molecule has 38 heavy (non-hydrogen) atoms. The highest BCUT2D eigenvalue weighted by atomic mass is 35.5. The summed E-state index contributed by atoms with van der Waals surface area (Å²) in [5.41, 5.74) is 3.93. The standard InChI is InChI=1S/C31H31Cl2N5/c32-27-8-7-24(19-28(27)33)30-29(22-9-13-34-14-10-22)35-31(36-30)23-11-17-37(18-12-23)15-3-4-16-38-20-25-5-1-2-6-26(25)21-38/h1-2,5-10,13-14,19-21,23H,3-4,11-12,15-18H2,(H,35,36). The van der Waals surface area contributed by atoms with Gasteiger partial charge in [0.25, 0.3) is 0 Å². The molecule has 5 nitrogen and oxygen atoms in total. The molecule has 1 aliphatic heterocycles. The highest BCUT2D eigenvalue weighted by Crippen LogP contribution is 2.36. The lowest BCUT2D eigenvalue weighted by atomic mass is 9.96. The lowest BCUT2D eigenvalue weighted by Gasteiger charge is -2.31. The molecular formula is C31H31Cl2N5. The molecule has 0 spiro atoms. The van der Waals surface area contributed by atoms with Gasteiger partial charge in [0.1, 0.15) is 5.82 Å². The molecule has 1 saturated heterocycles. The van der Waals surface area contributed by atoms with Crippen LogP contribution >= 0.6 is 23.2 Å². The molecule has 5 aromatic rings. The Bertz CT molecular complexity index is 1480. The Balaban J connectivity index is 1.08. The third-order valence-electron chi connectivity index (χ3n) is 7.60. The number of aromatic nitrogens is 4. The molecule has 2 aromatic carbocycles. The number of unbranched alkanes of at least 4 members (excludes halogenated alkanes) is 1. The molecule has 0 aliphatic carbocycles. The fraction of sp³-hybridized carbons (Fsp3) is 0.290. The Hall–Kier alpha value is -3.12. The zero-order chi connectivity index (χ0) is 25.9. The van der Waals surface area contributed by atoms with Crippen LogP contribution in [0.2, 0.25) is 10.0 Å². The van der Waals surface area contributed by atoms with Gasteiger partial charge < -0.3 is 14.5 Å². The third-order valence-corrected chi connectivity index (χ3v) is 8.34. The minimum Gasteiger partial charge on any atom is -0.353 e. The highest BCUT2D eigenvalue weighted by molar-refractivity contribution is 6.42. The van der Waals surface area contributed by atoms with Crippen molar-refractivity contribution < 1.29 is 0 Å². The van der Waals surface area contributed by atoms with Crippen LogP contribution < -0.4 is 0 Å². The van der Waals surface area contributed by atoms with Gasteiger partial charge in [-0.2, -0.15) is 0 Å². The summed E-state index contributed by atoms with van der Waals surface area (Å²) in [7, 11) is 0. The molecule has 194 valence electrons. The van der Waals surface area contributed by atoms with Crippen molar-refractivity contribution in [3.8, 4) is 22.5 Å². The van der Waals surface area contributed by atoms with E-state index in [0.717, 1.165) is 67.4 Å². The predicted octanol–water partition coefficient (Wildman–Crippen LogP) is 8.06. The second-order valence-corrected chi connectivity index (χ2v) is 11.0. The third kappa shape index (κ3) is 5.51. The summed E-state index contributed by atoms with van der Waals surface area (Å²) < 4.78 is 2.33. The lowest BCUT2D eigenvalue weighted by Crippen LogP contribution is -2.34. The van der Waals surface area contributed by atoms with Gasteiger partial charge in [-0.3, -0.25) is 4.98 Å². The molecule has 0 saturated carbocycles. The van der Waals surface area contributed by atoms with E-state index in [1.54, 1.807) is 0 Å². The van der Waals surface area contributed by atoms with Crippen molar-refractivity contribution in [1.29, 1.82) is 0 Å². The summed E-state index contributed by atoms with van der Waals surface area (Å²) in [4.78, 5) is 15.6. The van der Waals surface area contributed by atoms with Crippen LogP contribution in [-0.2, 0) is 6.54 Å². The van der Waals surface area contributed by atoms with Crippen LogP contribution in [0, 0.1) is 0 Å². The first-order chi connectivity index (χ1) is 18.6. The normalized spacial score (nSPS) is 14.9. The fourth-order valence-corrected chi connectivity index (χ4v) is 5.79. The zero-order valence-corrected chi connectivity index (χ0v) is 22.8. The Morgan fingerprint density at radius 2 is 1.53 bits per heavy atom. The van der Waals surface area contributed by atoms with Crippen LogP contribution in [0.5, 0.6) is 0 Å². The van der Waals surface area contributed by atoms with Crippen LogP contribution in [0.1, 0.15) is 37.4 Å². The predicted molar refractivity (Wildman–Crippen MR) is 157 cm³/mol. The van der Waals surface area contributed by atoms with Gasteiger partial charge in [0.2, 0.25) is 0 Å². The van der Waals surface area contributed by atoms with Gasteiger partial charge in [-0.15, -0.1) is 0 Å². The maximum Gasteiger partial charge on any atom is 0.110 e. The first kappa shape index (κ1) is 25.2. The quantitative estimate of drug-likeness (QED) is 0.201. The van der Waals surface area contributed by atoms with E-state index in [4.69, 9.17) is 28.2 Å². The van der Waals surface area contributed by atoms with E-state index < -0.39 is 0 Å². The number of likely N-dealkylation sites (tertiary alicyclic amines) is 1. The van der Waals surface area contributed by atoms with Crippen molar-refractivity contribution >= 4 is 34.0 Å². The summed E-state index contributed by atoms with van der Waals surface area (Å²) in [6, 6.07) is 18.3.